The first-order valence-electron chi connectivity index (χ1n) is 7.29. The Morgan fingerprint density at radius 1 is 1.12 bits per heavy atom. The van der Waals surface area contributed by atoms with Crippen LogP contribution in [0, 0.1) is 0 Å². The molecule has 4 nitrogen and oxygen atoms in total. The molecule has 0 fully saturated rings. The van der Waals surface area contributed by atoms with Crippen LogP contribution in [-0.2, 0) is 0 Å². The summed E-state index contributed by atoms with van der Waals surface area (Å²) in [6.07, 6.45) is 0.948. The number of hydrogen-bond donors (Lipinski definition) is 2. The lowest BCUT2D eigenvalue weighted by Gasteiger charge is -2.11. The minimum atomic E-state index is -0.389. The highest BCUT2D eigenvalue weighted by molar-refractivity contribution is 7.80. The Balaban J connectivity index is 1.93. The number of benzene rings is 2. The molecule has 2 aromatic carbocycles. The first-order valence-corrected chi connectivity index (χ1v) is 8.45. The van der Waals surface area contributed by atoms with Crippen LogP contribution >= 0.6 is 35.4 Å². The van der Waals surface area contributed by atoms with Gasteiger partial charge in [-0.3, -0.25) is 10.1 Å². The number of amides is 1. The zero-order chi connectivity index (χ0) is 17.5. The Bertz CT molecular complexity index is 716. The molecule has 0 unspecified atom stereocenters. The van der Waals surface area contributed by atoms with Gasteiger partial charge in [0.2, 0.25) is 0 Å². The molecule has 0 heterocycles. The van der Waals surface area contributed by atoms with E-state index in [0.29, 0.717) is 22.2 Å². The van der Waals surface area contributed by atoms with Crippen molar-refractivity contribution in [1.29, 1.82) is 0 Å². The second-order valence-corrected chi connectivity index (χ2v) is 6.22. The van der Waals surface area contributed by atoms with Crippen LogP contribution in [0.2, 0.25) is 10.0 Å². The third-order valence-electron chi connectivity index (χ3n) is 2.94. The van der Waals surface area contributed by atoms with Gasteiger partial charge in [0.05, 0.1) is 6.61 Å². The number of ether oxygens (including phenoxy) is 1. The van der Waals surface area contributed by atoms with Gasteiger partial charge in [-0.25, -0.2) is 0 Å². The van der Waals surface area contributed by atoms with E-state index in [2.05, 4.69) is 10.6 Å². The third kappa shape index (κ3) is 5.67. The molecule has 126 valence electrons. The molecule has 0 spiro atoms. The van der Waals surface area contributed by atoms with Crippen LogP contribution in [0.4, 0.5) is 5.69 Å². The maximum atomic E-state index is 12.1. The van der Waals surface area contributed by atoms with Crippen molar-refractivity contribution in [1.82, 2.24) is 5.32 Å². The molecule has 7 heteroatoms. The van der Waals surface area contributed by atoms with Crippen LogP contribution < -0.4 is 15.4 Å². The first kappa shape index (κ1) is 18.5. The largest absolute Gasteiger partial charge is 0.494 e. The SMILES string of the molecule is CCCOc1ccc(NC(=S)NC(=O)c2cc(Cl)cc(Cl)c2)cc1. The highest BCUT2D eigenvalue weighted by Crippen LogP contribution is 2.19. The molecular formula is C17H16Cl2N2O2S. The fourth-order valence-electron chi connectivity index (χ4n) is 1.88. The summed E-state index contributed by atoms with van der Waals surface area (Å²) < 4.78 is 5.50. The van der Waals surface area contributed by atoms with Gasteiger partial charge in [-0.05, 0) is 61.1 Å². The lowest BCUT2D eigenvalue weighted by Crippen LogP contribution is -2.34. The molecule has 2 aromatic rings. The fraction of sp³-hybridized carbons (Fsp3) is 0.176. The normalized spacial score (nSPS) is 10.1. The summed E-state index contributed by atoms with van der Waals surface area (Å²) in [6.45, 7) is 2.72. The zero-order valence-corrected chi connectivity index (χ0v) is 15.3. The summed E-state index contributed by atoms with van der Waals surface area (Å²) in [5.41, 5.74) is 1.08. The number of halogens is 2. The van der Waals surface area contributed by atoms with Gasteiger partial charge in [0, 0.05) is 21.3 Å². The van der Waals surface area contributed by atoms with E-state index in [0.717, 1.165) is 17.9 Å². The van der Waals surface area contributed by atoms with E-state index >= 15 is 0 Å². The fourth-order valence-corrected chi connectivity index (χ4v) is 2.61. The number of hydrogen-bond acceptors (Lipinski definition) is 3. The van der Waals surface area contributed by atoms with Crippen molar-refractivity contribution < 1.29 is 9.53 Å². The molecule has 0 saturated heterocycles. The monoisotopic (exact) mass is 382 g/mol. The second kappa shape index (κ2) is 8.87. The van der Waals surface area contributed by atoms with E-state index in [1.54, 1.807) is 6.07 Å². The minimum absolute atomic E-state index is 0.179. The van der Waals surface area contributed by atoms with Gasteiger partial charge in [0.1, 0.15) is 5.75 Å². The van der Waals surface area contributed by atoms with Crippen molar-refractivity contribution in [3.63, 3.8) is 0 Å². The van der Waals surface area contributed by atoms with Crippen LogP contribution in [0.3, 0.4) is 0 Å². The van der Waals surface area contributed by atoms with Gasteiger partial charge in [0.15, 0.2) is 5.11 Å². The summed E-state index contributed by atoms with van der Waals surface area (Å²) in [5, 5.41) is 6.46. The van der Waals surface area contributed by atoms with Crippen LogP contribution in [-0.4, -0.2) is 17.6 Å². The second-order valence-electron chi connectivity index (χ2n) is 4.94. The Labute approximate surface area is 156 Å². The predicted octanol–water partition coefficient (Wildman–Crippen LogP) is 4.91. The Morgan fingerprint density at radius 2 is 1.75 bits per heavy atom. The van der Waals surface area contributed by atoms with Gasteiger partial charge in [0.25, 0.3) is 5.91 Å². The highest BCUT2D eigenvalue weighted by Gasteiger charge is 2.10. The van der Waals surface area contributed by atoms with Crippen molar-refractivity contribution in [3.05, 3.63) is 58.1 Å². The lowest BCUT2D eigenvalue weighted by atomic mass is 10.2. The van der Waals surface area contributed by atoms with Gasteiger partial charge in [-0.2, -0.15) is 0 Å². The number of carbonyl (C=O) groups excluding carboxylic acids is 1. The first-order chi connectivity index (χ1) is 11.5. The van der Waals surface area contributed by atoms with E-state index in [9.17, 15) is 4.79 Å². The molecule has 0 atom stereocenters. The van der Waals surface area contributed by atoms with Gasteiger partial charge in [-0.1, -0.05) is 30.1 Å². The Hall–Kier alpha value is -1.82. The average molecular weight is 383 g/mol. The van der Waals surface area contributed by atoms with Gasteiger partial charge < -0.3 is 10.1 Å². The molecule has 0 aliphatic heterocycles. The van der Waals surface area contributed by atoms with Crippen molar-refractivity contribution in [2.45, 2.75) is 13.3 Å². The molecule has 1 amide bonds. The standard InChI is InChI=1S/C17H16Cl2N2O2S/c1-2-7-23-15-5-3-14(4-6-15)20-17(24)21-16(22)11-8-12(18)10-13(19)9-11/h3-6,8-10H,2,7H2,1H3,(H2,20,21,22,24). The quantitative estimate of drug-likeness (QED) is 0.721. The maximum absolute atomic E-state index is 12.1. The van der Waals surface area contributed by atoms with Crippen molar-refractivity contribution in [2.75, 3.05) is 11.9 Å². The predicted molar refractivity (Wildman–Crippen MR) is 102 cm³/mol. The van der Waals surface area contributed by atoms with Crippen LogP contribution in [0.25, 0.3) is 0 Å². The van der Waals surface area contributed by atoms with Crippen molar-refractivity contribution >= 4 is 52.1 Å². The van der Waals surface area contributed by atoms with Crippen LogP contribution in [0.15, 0.2) is 42.5 Å². The molecule has 0 radical (unpaired) electrons. The summed E-state index contributed by atoms with van der Waals surface area (Å²) >= 11 is 16.9. The zero-order valence-electron chi connectivity index (χ0n) is 12.9. The topological polar surface area (TPSA) is 50.4 Å². The molecule has 0 bridgehead atoms. The summed E-state index contributed by atoms with van der Waals surface area (Å²) in [7, 11) is 0. The number of nitrogens with one attached hydrogen (secondary N) is 2. The molecule has 0 aromatic heterocycles. The van der Waals surface area contributed by atoms with Crippen LogP contribution in [0.1, 0.15) is 23.7 Å². The third-order valence-corrected chi connectivity index (χ3v) is 3.58. The van der Waals surface area contributed by atoms with Crippen molar-refractivity contribution in [2.24, 2.45) is 0 Å². The van der Waals surface area contributed by atoms with E-state index in [1.165, 1.54) is 12.1 Å². The summed E-state index contributed by atoms with van der Waals surface area (Å²) in [6, 6.07) is 11.9. The van der Waals surface area contributed by atoms with E-state index in [-0.39, 0.29) is 11.0 Å². The van der Waals surface area contributed by atoms with Crippen molar-refractivity contribution in [3.8, 4) is 5.75 Å². The number of carbonyl (C=O) groups is 1. The van der Waals surface area contributed by atoms with E-state index in [4.69, 9.17) is 40.2 Å². The number of thiocarbonyl (C=S) groups is 1. The Morgan fingerprint density at radius 3 is 2.33 bits per heavy atom. The van der Waals surface area contributed by atoms with Gasteiger partial charge in [-0.15, -0.1) is 0 Å². The highest BCUT2D eigenvalue weighted by atomic mass is 35.5. The molecule has 0 aliphatic rings. The molecule has 0 saturated carbocycles. The van der Waals surface area contributed by atoms with Crippen LogP contribution in [0.5, 0.6) is 5.75 Å². The Kier molecular flexibility index (Phi) is 6.85. The summed E-state index contributed by atoms with van der Waals surface area (Å²) in [4.78, 5) is 12.1. The van der Waals surface area contributed by atoms with Gasteiger partial charge >= 0.3 is 0 Å². The lowest BCUT2D eigenvalue weighted by molar-refractivity contribution is 0.0977. The molecule has 24 heavy (non-hydrogen) atoms. The van der Waals surface area contributed by atoms with E-state index in [1.807, 2.05) is 31.2 Å². The smallest absolute Gasteiger partial charge is 0.257 e. The molecule has 2 rings (SSSR count). The maximum Gasteiger partial charge on any atom is 0.257 e. The summed E-state index contributed by atoms with van der Waals surface area (Å²) in [5.74, 6) is 0.394. The number of rotatable bonds is 5. The van der Waals surface area contributed by atoms with E-state index < -0.39 is 0 Å². The minimum Gasteiger partial charge on any atom is -0.494 e. The molecule has 0 aliphatic carbocycles. The average Bonchev–Trinajstić information content (AvgIpc) is 2.53. The number of anilines is 1. The molecule has 2 N–H and O–H groups in total. The molecular weight excluding hydrogens is 367 g/mol.